The van der Waals surface area contributed by atoms with E-state index in [4.69, 9.17) is 0 Å². The van der Waals surface area contributed by atoms with Crippen molar-refractivity contribution in [2.24, 2.45) is 5.14 Å². The molecule has 1 rings (SSSR count). The molecule has 0 saturated heterocycles. The monoisotopic (exact) mass is 215 g/mol. The molecule has 74 valence electrons. The van der Waals surface area contributed by atoms with Crippen molar-refractivity contribution in [1.29, 1.82) is 0 Å². The molecule has 0 unspecified atom stereocenters. The minimum absolute atomic E-state index is 0.500. The Bertz CT molecular complexity index is 405. The molecule has 0 amide bonds. The Morgan fingerprint density at radius 2 is 1.85 bits per heavy atom. The number of rotatable bonds is 1. The summed E-state index contributed by atoms with van der Waals surface area (Å²) in [5.74, 6) is -1.39. The lowest BCUT2D eigenvalue weighted by Gasteiger charge is -1.99. The van der Waals surface area contributed by atoms with Crippen LogP contribution in [0.5, 0.6) is 0 Å². The maximum absolute atomic E-state index is 11.9. The molecule has 1 aromatic rings. The summed E-state index contributed by atoms with van der Waals surface area (Å²) in [5.41, 5.74) is 0. The number of primary sulfonamides is 1. The van der Waals surface area contributed by atoms with E-state index in [-0.39, 0.29) is 0 Å². The van der Waals surface area contributed by atoms with Gasteiger partial charge in [-0.25, -0.2) is 13.6 Å². The summed E-state index contributed by atoms with van der Waals surface area (Å²) in [4.78, 5) is 0. The summed E-state index contributed by atoms with van der Waals surface area (Å²) >= 11 is 0. The minimum atomic E-state index is -4.71. The summed E-state index contributed by atoms with van der Waals surface area (Å²) in [7, 11) is -4.21. The molecule has 0 fully saturated rings. The van der Waals surface area contributed by atoms with Gasteiger partial charge in [-0.2, -0.15) is 13.2 Å². The van der Waals surface area contributed by atoms with Crippen molar-refractivity contribution in [3.63, 3.8) is 0 Å². The second-order valence-electron chi connectivity index (χ2n) is 2.16. The van der Waals surface area contributed by atoms with Crippen molar-refractivity contribution in [3.05, 3.63) is 17.9 Å². The van der Waals surface area contributed by atoms with Gasteiger partial charge in [0.05, 0.1) is 0 Å². The molecular formula is C5H4F3NO3S. The van der Waals surface area contributed by atoms with E-state index >= 15 is 0 Å². The first-order valence-electron chi connectivity index (χ1n) is 2.91. The number of nitrogens with two attached hydrogens (primary N) is 1. The van der Waals surface area contributed by atoms with E-state index < -0.39 is 27.1 Å². The molecule has 4 nitrogen and oxygen atoms in total. The Morgan fingerprint density at radius 1 is 1.31 bits per heavy atom. The van der Waals surface area contributed by atoms with Crippen LogP contribution >= 0.6 is 0 Å². The molecule has 0 spiro atoms. The first-order chi connectivity index (χ1) is 5.71. The first kappa shape index (κ1) is 10.1. The lowest BCUT2D eigenvalue weighted by Crippen LogP contribution is -2.11. The third kappa shape index (κ3) is 2.22. The Labute approximate surface area is 71.2 Å². The van der Waals surface area contributed by atoms with Crippen LogP contribution in [0, 0.1) is 0 Å². The van der Waals surface area contributed by atoms with Crippen molar-refractivity contribution in [2.75, 3.05) is 0 Å². The van der Waals surface area contributed by atoms with Crippen molar-refractivity contribution < 1.29 is 26.0 Å². The Kier molecular flexibility index (Phi) is 2.12. The number of hydrogen-bond donors (Lipinski definition) is 1. The zero-order valence-electron chi connectivity index (χ0n) is 6.00. The fourth-order valence-corrected chi connectivity index (χ4v) is 1.09. The van der Waals surface area contributed by atoms with E-state index in [0.717, 1.165) is 0 Å². The van der Waals surface area contributed by atoms with Gasteiger partial charge in [-0.1, -0.05) is 0 Å². The molecule has 0 aliphatic carbocycles. The number of hydrogen-bond acceptors (Lipinski definition) is 3. The summed E-state index contributed by atoms with van der Waals surface area (Å²) in [6, 6.07) is 1.15. The molecular weight excluding hydrogens is 211 g/mol. The van der Waals surface area contributed by atoms with Crippen LogP contribution in [0.25, 0.3) is 0 Å². The highest BCUT2D eigenvalue weighted by atomic mass is 32.2. The second-order valence-corrected chi connectivity index (χ2v) is 3.65. The highest BCUT2D eigenvalue weighted by Crippen LogP contribution is 2.31. The van der Waals surface area contributed by atoms with E-state index in [0.29, 0.717) is 12.1 Å². The van der Waals surface area contributed by atoms with Crippen molar-refractivity contribution in [3.8, 4) is 0 Å². The fraction of sp³-hybridized carbons (Fsp3) is 0.200. The lowest BCUT2D eigenvalue weighted by atomic mass is 10.4. The maximum atomic E-state index is 11.9. The number of alkyl halides is 3. The molecule has 0 aliphatic rings. The van der Waals surface area contributed by atoms with Gasteiger partial charge in [-0.05, 0) is 12.1 Å². The Balaban J connectivity index is 3.16. The molecule has 0 radical (unpaired) electrons. The van der Waals surface area contributed by atoms with Crippen LogP contribution in [0.3, 0.4) is 0 Å². The summed E-state index contributed by atoms with van der Waals surface area (Å²) < 4.78 is 60.5. The lowest BCUT2D eigenvalue weighted by molar-refractivity contribution is -0.154. The van der Waals surface area contributed by atoms with Gasteiger partial charge in [0.15, 0.2) is 0 Å². The predicted molar refractivity (Wildman–Crippen MR) is 35.1 cm³/mol. The van der Waals surface area contributed by atoms with Crippen molar-refractivity contribution in [1.82, 2.24) is 0 Å². The third-order valence-corrected chi connectivity index (χ3v) is 1.92. The molecule has 0 aromatic carbocycles. The molecule has 13 heavy (non-hydrogen) atoms. The van der Waals surface area contributed by atoms with E-state index in [1.165, 1.54) is 0 Å². The van der Waals surface area contributed by atoms with E-state index in [1.807, 2.05) is 0 Å². The van der Waals surface area contributed by atoms with Gasteiger partial charge in [0.1, 0.15) is 0 Å². The zero-order valence-corrected chi connectivity index (χ0v) is 6.82. The average molecular weight is 215 g/mol. The van der Waals surface area contributed by atoms with Gasteiger partial charge in [0.2, 0.25) is 10.9 Å². The van der Waals surface area contributed by atoms with Crippen LogP contribution in [-0.4, -0.2) is 8.42 Å². The molecule has 1 heterocycles. The van der Waals surface area contributed by atoms with Crippen LogP contribution in [0.15, 0.2) is 21.6 Å². The summed E-state index contributed by atoms with van der Waals surface area (Å²) in [6.07, 6.45) is -4.71. The average Bonchev–Trinajstić information content (AvgIpc) is 2.28. The minimum Gasteiger partial charge on any atom is -0.439 e. The van der Waals surface area contributed by atoms with Crippen LogP contribution in [0.4, 0.5) is 13.2 Å². The highest BCUT2D eigenvalue weighted by molar-refractivity contribution is 7.89. The molecule has 0 atom stereocenters. The molecule has 1 aromatic heterocycles. The number of sulfonamides is 1. The van der Waals surface area contributed by atoms with E-state index in [9.17, 15) is 21.6 Å². The summed E-state index contributed by atoms with van der Waals surface area (Å²) in [6.45, 7) is 0. The third-order valence-electron chi connectivity index (χ3n) is 1.14. The van der Waals surface area contributed by atoms with Gasteiger partial charge in [0, 0.05) is 0 Å². The SMILES string of the molecule is NS(=O)(=O)c1ccc(C(F)(F)F)o1. The van der Waals surface area contributed by atoms with Gasteiger partial charge < -0.3 is 4.42 Å². The Hall–Kier alpha value is -1.02. The van der Waals surface area contributed by atoms with Gasteiger partial charge in [-0.15, -0.1) is 0 Å². The molecule has 0 bridgehead atoms. The molecule has 0 aliphatic heterocycles. The second kappa shape index (κ2) is 2.74. The highest BCUT2D eigenvalue weighted by Gasteiger charge is 2.35. The van der Waals surface area contributed by atoms with Gasteiger partial charge in [-0.3, -0.25) is 0 Å². The van der Waals surface area contributed by atoms with Crippen LogP contribution in [0.2, 0.25) is 0 Å². The Morgan fingerprint density at radius 3 is 2.08 bits per heavy atom. The topological polar surface area (TPSA) is 73.3 Å². The maximum Gasteiger partial charge on any atom is 0.449 e. The predicted octanol–water partition coefficient (Wildman–Crippen LogP) is 0.946. The fourth-order valence-electron chi connectivity index (χ4n) is 0.625. The molecule has 8 heteroatoms. The molecule has 2 N–H and O–H groups in total. The zero-order chi connectivity index (χ0) is 10.3. The van der Waals surface area contributed by atoms with Crippen molar-refractivity contribution in [2.45, 2.75) is 11.3 Å². The largest absolute Gasteiger partial charge is 0.449 e. The quantitative estimate of drug-likeness (QED) is 0.757. The van der Waals surface area contributed by atoms with E-state index in [2.05, 4.69) is 9.56 Å². The van der Waals surface area contributed by atoms with Crippen molar-refractivity contribution >= 4 is 10.0 Å². The van der Waals surface area contributed by atoms with Gasteiger partial charge in [0.25, 0.3) is 10.0 Å². The normalized spacial score (nSPS) is 13.2. The number of halogens is 3. The standard InChI is InChI=1S/C5H4F3NO3S/c6-5(7,8)3-1-2-4(12-3)13(9,10)11/h1-2H,(H2,9,10,11). The molecule has 0 saturated carbocycles. The van der Waals surface area contributed by atoms with Crippen LogP contribution < -0.4 is 5.14 Å². The number of furan rings is 1. The summed E-state index contributed by atoms with van der Waals surface area (Å²) in [5, 5.41) is 3.62. The van der Waals surface area contributed by atoms with Gasteiger partial charge >= 0.3 is 6.18 Å². The first-order valence-corrected chi connectivity index (χ1v) is 4.46. The van der Waals surface area contributed by atoms with E-state index in [1.54, 1.807) is 0 Å². The van der Waals surface area contributed by atoms with Crippen LogP contribution in [-0.2, 0) is 16.2 Å². The van der Waals surface area contributed by atoms with Crippen LogP contribution in [0.1, 0.15) is 5.76 Å². The smallest absolute Gasteiger partial charge is 0.439 e.